The largest absolute Gasteiger partial charge is 0.353 e. The molecule has 3 rings (SSSR count). The van der Waals surface area contributed by atoms with Gasteiger partial charge in [0.25, 0.3) is 0 Å². The van der Waals surface area contributed by atoms with Crippen molar-refractivity contribution in [3.8, 4) is 0 Å². The molecule has 0 unspecified atom stereocenters. The number of nitrogens with one attached hydrogen (secondary N) is 2. The number of urea groups is 1. The lowest BCUT2D eigenvalue weighted by molar-refractivity contribution is -0.127. The van der Waals surface area contributed by atoms with E-state index < -0.39 is 0 Å². The SMILES string of the molecule is CCNC(=O)N1CCC(N2CCC[C@@H](C(=O)NC3CC3)C2)CC1. The lowest BCUT2D eigenvalue weighted by atomic mass is 9.93. The van der Waals surface area contributed by atoms with Gasteiger partial charge in [0.15, 0.2) is 0 Å². The minimum atomic E-state index is 0.0614. The minimum absolute atomic E-state index is 0.0614. The molecule has 1 atom stereocenters. The van der Waals surface area contributed by atoms with E-state index in [1.54, 1.807) is 0 Å². The van der Waals surface area contributed by atoms with E-state index in [2.05, 4.69) is 15.5 Å². The Bertz CT molecular complexity index is 430. The predicted octanol–water partition coefficient (Wildman–Crippen LogP) is 1.17. The summed E-state index contributed by atoms with van der Waals surface area (Å²) in [6.07, 6.45) is 6.48. The van der Waals surface area contributed by atoms with Crippen LogP contribution in [0.2, 0.25) is 0 Å². The van der Waals surface area contributed by atoms with E-state index in [0.717, 1.165) is 64.7 Å². The van der Waals surface area contributed by atoms with Crippen LogP contribution >= 0.6 is 0 Å². The van der Waals surface area contributed by atoms with Crippen molar-refractivity contribution in [3.63, 3.8) is 0 Å². The summed E-state index contributed by atoms with van der Waals surface area (Å²) in [5.74, 6) is 0.419. The molecule has 2 aliphatic heterocycles. The molecule has 3 aliphatic rings. The molecule has 130 valence electrons. The van der Waals surface area contributed by atoms with Crippen LogP contribution in [0.5, 0.6) is 0 Å². The second kappa shape index (κ2) is 7.51. The van der Waals surface area contributed by atoms with Crippen molar-refractivity contribution in [2.45, 2.75) is 57.5 Å². The first-order valence-corrected chi connectivity index (χ1v) is 9.24. The molecule has 6 nitrogen and oxygen atoms in total. The van der Waals surface area contributed by atoms with Crippen molar-refractivity contribution in [1.82, 2.24) is 20.4 Å². The van der Waals surface area contributed by atoms with E-state index in [0.29, 0.717) is 18.6 Å². The number of amides is 3. The molecule has 2 saturated heterocycles. The molecule has 3 amide bonds. The summed E-state index contributed by atoms with van der Waals surface area (Å²) >= 11 is 0. The minimum Gasteiger partial charge on any atom is -0.353 e. The van der Waals surface area contributed by atoms with Gasteiger partial charge in [-0.2, -0.15) is 0 Å². The smallest absolute Gasteiger partial charge is 0.317 e. The molecular formula is C17H30N4O2. The Hall–Kier alpha value is -1.30. The lowest BCUT2D eigenvalue weighted by Gasteiger charge is -2.42. The van der Waals surface area contributed by atoms with E-state index in [4.69, 9.17) is 0 Å². The quantitative estimate of drug-likeness (QED) is 0.817. The third-order valence-electron chi connectivity index (χ3n) is 5.34. The Balaban J connectivity index is 1.46. The van der Waals surface area contributed by atoms with Gasteiger partial charge in [0.1, 0.15) is 0 Å². The Kier molecular flexibility index (Phi) is 5.41. The van der Waals surface area contributed by atoms with Crippen molar-refractivity contribution < 1.29 is 9.59 Å². The standard InChI is InChI=1S/C17H30N4O2/c1-2-18-17(23)20-10-7-15(8-11-20)21-9-3-4-13(12-21)16(22)19-14-5-6-14/h13-15H,2-12H2,1H3,(H,18,23)(H,19,22)/t13-/m1/s1. The van der Waals surface area contributed by atoms with Gasteiger partial charge < -0.3 is 15.5 Å². The molecule has 2 heterocycles. The summed E-state index contributed by atoms with van der Waals surface area (Å²) in [7, 11) is 0. The first-order valence-electron chi connectivity index (χ1n) is 9.24. The van der Waals surface area contributed by atoms with Gasteiger partial charge in [0.05, 0.1) is 5.92 Å². The van der Waals surface area contributed by atoms with Gasteiger partial charge in [-0.3, -0.25) is 9.69 Å². The zero-order valence-electron chi connectivity index (χ0n) is 14.2. The summed E-state index contributed by atoms with van der Waals surface area (Å²) in [6.45, 7) is 6.27. The topological polar surface area (TPSA) is 64.7 Å². The highest BCUT2D eigenvalue weighted by atomic mass is 16.2. The molecule has 1 saturated carbocycles. The monoisotopic (exact) mass is 322 g/mol. The number of carbonyl (C=O) groups is 2. The summed E-state index contributed by atoms with van der Waals surface area (Å²) in [5.41, 5.74) is 0. The van der Waals surface area contributed by atoms with Crippen LogP contribution in [0.4, 0.5) is 4.79 Å². The zero-order valence-corrected chi connectivity index (χ0v) is 14.2. The second-order valence-corrected chi connectivity index (χ2v) is 7.17. The van der Waals surface area contributed by atoms with Crippen LogP contribution in [-0.2, 0) is 4.79 Å². The van der Waals surface area contributed by atoms with Gasteiger partial charge in [-0.15, -0.1) is 0 Å². The Morgan fingerprint density at radius 1 is 1.04 bits per heavy atom. The van der Waals surface area contributed by atoms with Crippen LogP contribution in [0.1, 0.15) is 45.4 Å². The number of piperidine rings is 2. The normalized spacial score (nSPS) is 26.8. The van der Waals surface area contributed by atoms with E-state index in [1.165, 1.54) is 0 Å². The van der Waals surface area contributed by atoms with Gasteiger partial charge in [-0.1, -0.05) is 0 Å². The predicted molar refractivity (Wildman–Crippen MR) is 89.1 cm³/mol. The summed E-state index contributed by atoms with van der Waals surface area (Å²) in [5, 5.41) is 6.03. The van der Waals surface area contributed by atoms with Gasteiger partial charge in [0, 0.05) is 38.3 Å². The van der Waals surface area contributed by atoms with Crippen LogP contribution in [0, 0.1) is 5.92 Å². The van der Waals surface area contributed by atoms with Crippen LogP contribution in [0.3, 0.4) is 0 Å². The number of hydrogen-bond donors (Lipinski definition) is 2. The summed E-state index contributed by atoms with van der Waals surface area (Å²) < 4.78 is 0. The third-order valence-corrected chi connectivity index (χ3v) is 5.34. The number of rotatable bonds is 4. The van der Waals surface area contributed by atoms with Gasteiger partial charge in [-0.05, 0) is 52.0 Å². The Labute approximate surface area is 139 Å². The van der Waals surface area contributed by atoms with Gasteiger partial charge >= 0.3 is 6.03 Å². The lowest BCUT2D eigenvalue weighted by Crippen LogP contribution is -2.52. The molecule has 1 aliphatic carbocycles. The highest BCUT2D eigenvalue weighted by Crippen LogP contribution is 2.25. The zero-order chi connectivity index (χ0) is 16.2. The van der Waals surface area contributed by atoms with Crippen molar-refractivity contribution in [2.75, 3.05) is 32.7 Å². The molecule has 0 spiro atoms. The first kappa shape index (κ1) is 16.6. The van der Waals surface area contributed by atoms with Crippen molar-refractivity contribution >= 4 is 11.9 Å². The van der Waals surface area contributed by atoms with Crippen molar-refractivity contribution in [1.29, 1.82) is 0 Å². The molecule has 2 N–H and O–H groups in total. The molecule has 0 radical (unpaired) electrons. The average molecular weight is 322 g/mol. The maximum atomic E-state index is 12.3. The van der Waals surface area contributed by atoms with Crippen molar-refractivity contribution in [2.24, 2.45) is 5.92 Å². The fourth-order valence-electron chi connectivity index (χ4n) is 3.80. The van der Waals surface area contributed by atoms with E-state index in [9.17, 15) is 9.59 Å². The third kappa shape index (κ3) is 4.37. The number of hydrogen-bond acceptors (Lipinski definition) is 3. The van der Waals surface area contributed by atoms with Crippen LogP contribution in [-0.4, -0.2) is 66.5 Å². The first-order chi connectivity index (χ1) is 11.2. The molecule has 23 heavy (non-hydrogen) atoms. The number of carbonyl (C=O) groups excluding carboxylic acids is 2. The highest BCUT2D eigenvalue weighted by molar-refractivity contribution is 5.79. The molecular weight excluding hydrogens is 292 g/mol. The molecule has 0 aromatic heterocycles. The molecule has 3 fully saturated rings. The molecule has 0 bridgehead atoms. The summed E-state index contributed by atoms with van der Waals surface area (Å²) in [6, 6.07) is 1.04. The maximum Gasteiger partial charge on any atom is 0.317 e. The van der Waals surface area contributed by atoms with E-state index in [-0.39, 0.29) is 17.9 Å². The number of nitrogens with zero attached hydrogens (tertiary/aromatic N) is 2. The van der Waals surface area contributed by atoms with Crippen molar-refractivity contribution in [3.05, 3.63) is 0 Å². The number of likely N-dealkylation sites (tertiary alicyclic amines) is 2. The van der Waals surface area contributed by atoms with Gasteiger partial charge in [0.2, 0.25) is 5.91 Å². The summed E-state index contributed by atoms with van der Waals surface area (Å²) in [4.78, 5) is 28.6. The van der Waals surface area contributed by atoms with Crippen LogP contribution < -0.4 is 10.6 Å². The average Bonchev–Trinajstić information content (AvgIpc) is 3.39. The fraction of sp³-hybridized carbons (Fsp3) is 0.882. The Morgan fingerprint density at radius 2 is 1.78 bits per heavy atom. The van der Waals surface area contributed by atoms with Gasteiger partial charge in [-0.25, -0.2) is 4.79 Å². The molecule has 0 aromatic rings. The maximum absolute atomic E-state index is 12.3. The van der Waals surface area contributed by atoms with Crippen LogP contribution in [0.15, 0.2) is 0 Å². The van der Waals surface area contributed by atoms with E-state index >= 15 is 0 Å². The van der Waals surface area contributed by atoms with E-state index in [1.807, 2.05) is 11.8 Å². The Morgan fingerprint density at radius 3 is 2.43 bits per heavy atom. The molecule has 6 heteroatoms. The second-order valence-electron chi connectivity index (χ2n) is 7.17. The fourth-order valence-corrected chi connectivity index (χ4v) is 3.80. The van der Waals surface area contributed by atoms with Crippen LogP contribution in [0.25, 0.3) is 0 Å². The molecule has 0 aromatic carbocycles. The highest BCUT2D eigenvalue weighted by Gasteiger charge is 2.34.